The van der Waals surface area contributed by atoms with Gasteiger partial charge in [0, 0.05) is 0 Å². The number of benzene rings is 1. The fraction of sp³-hybridized carbons (Fsp3) is 0.300. The molecule has 2 rings (SSSR count). The van der Waals surface area contributed by atoms with Crippen LogP contribution in [-0.2, 0) is 6.42 Å². The molecule has 0 unspecified atom stereocenters. The second-order valence-corrected chi connectivity index (χ2v) is 4.27. The van der Waals surface area contributed by atoms with Crippen molar-refractivity contribution in [1.29, 1.82) is 0 Å². The minimum atomic E-state index is -0.418. The van der Waals surface area contributed by atoms with Gasteiger partial charge in [0.05, 0.1) is 22.6 Å². The van der Waals surface area contributed by atoms with E-state index in [1.165, 1.54) is 18.4 Å². The van der Waals surface area contributed by atoms with Gasteiger partial charge in [-0.3, -0.25) is 10.1 Å². The Labute approximate surface area is 95.8 Å². The van der Waals surface area contributed by atoms with Crippen molar-refractivity contribution < 1.29 is 9.66 Å². The van der Waals surface area contributed by atoms with Crippen LogP contribution in [0.1, 0.15) is 11.9 Å². The third kappa shape index (κ3) is 1.61. The molecule has 0 saturated heterocycles. The third-order valence-corrected chi connectivity index (χ3v) is 3.47. The van der Waals surface area contributed by atoms with Crippen LogP contribution in [0.2, 0.25) is 0 Å². The van der Waals surface area contributed by atoms with Crippen molar-refractivity contribution in [3.63, 3.8) is 0 Å². The zero-order chi connectivity index (χ0) is 11.7. The number of hydrogen-bond donors (Lipinski definition) is 0. The highest BCUT2D eigenvalue weighted by Gasteiger charge is 2.22. The highest BCUT2D eigenvalue weighted by atomic mass is 32.1. The fourth-order valence-electron chi connectivity index (χ4n) is 1.49. The molecule has 84 valence electrons. The van der Waals surface area contributed by atoms with Crippen molar-refractivity contribution in [2.24, 2.45) is 0 Å². The summed E-state index contributed by atoms with van der Waals surface area (Å²) in [6, 6.07) is 3.33. The van der Waals surface area contributed by atoms with Gasteiger partial charge in [-0.05, 0) is 18.6 Å². The van der Waals surface area contributed by atoms with Crippen molar-refractivity contribution in [2.75, 3.05) is 7.11 Å². The minimum Gasteiger partial charge on any atom is -0.490 e. The van der Waals surface area contributed by atoms with Gasteiger partial charge >= 0.3 is 5.69 Å². The van der Waals surface area contributed by atoms with Gasteiger partial charge < -0.3 is 4.74 Å². The Kier molecular flexibility index (Phi) is 2.74. The summed E-state index contributed by atoms with van der Waals surface area (Å²) >= 11 is 1.35. The molecule has 5 nitrogen and oxygen atoms in total. The van der Waals surface area contributed by atoms with Crippen LogP contribution >= 0.6 is 11.3 Å². The molecule has 0 aliphatic carbocycles. The zero-order valence-corrected chi connectivity index (χ0v) is 9.71. The molecule has 1 aromatic carbocycles. The van der Waals surface area contributed by atoms with Crippen LogP contribution < -0.4 is 4.74 Å². The molecule has 0 spiro atoms. The van der Waals surface area contributed by atoms with Crippen molar-refractivity contribution in [2.45, 2.75) is 13.3 Å². The second-order valence-electron chi connectivity index (χ2n) is 3.18. The summed E-state index contributed by atoms with van der Waals surface area (Å²) in [5.74, 6) is 0.281. The van der Waals surface area contributed by atoms with E-state index in [0.29, 0.717) is 10.2 Å². The molecule has 1 heterocycles. The summed E-state index contributed by atoms with van der Waals surface area (Å²) < 4.78 is 5.58. The van der Waals surface area contributed by atoms with Crippen molar-refractivity contribution in [3.8, 4) is 5.75 Å². The molecule has 0 atom stereocenters. The smallest absolute Gasteiger partial charge is 0.330 e. The van der Waals surface area contributed by atoms with E-state index in [-0.39, 0.29) is 11.4 Å². The lowest BCUT2D eigenvalue weighted by molar-refractivity contribution is -0.383. The second kappa shape index (κ2) is 4.05. The van der Waals surface area contributed by atoms with Crippen molar-refractivity contribution in [1.82, 2.24) is 4.98 Å². The van der Waals surface area contributed by atoms with Gasteiger partial charge in [-0.25, -0.2) is 4.98 Å². The molecule has 0 fully saturated rings. The Bertz CT molecular complexity index is 550. The number of fused-ring (bicyclic) bond motifs is 1. The van der Waals surface area contributed by atoms with Crippen LogP contribution in [0, 0.1) is 10.1 Å². The van der Waals surface area contributed by atoms with Crippen LogP contribution in [0.5, 0.6) is 5.75 Å². The first-order valence-electron chi connectivity index (χ1n) is 4.78. The number of aromatic nitrogens is 1. The Balaban J connectivity index is 2.77. The Morgan fingerprint density at radius 1 is 1.56 bits per heavy atom. The predicted octanol–water partition coefficient (Wildman–Crippen LogP) is 2.78. The summed E-state index contributed by atoms with van der Waals surface area (Å²) in [5.41, 5.74) is 0.673. The molecule has 0 N–H and O–H groups in total. The highest BCUT2D eigenvalue weighted by Crippen LogP contribution is 2.38. The van der Waals surface area contributed by atoms with Gasteiger partial charge in [-0.2, -0.15) is 0 Å². The quantitative estimate of drug-likeness (QED) is 0.609. The summed E-state index contributed by atoms with van der Waals surface area (Å²) in [7, 11) is 1.43. The Morgan fingerprint density at radius 3 is 2.88 bits per heavy atom. The summed E-state index contributed by atoms with van der Waals surface area (Å²) in [5, 5.41) is 11.9. The average molecular weight is 238 g/mol. The molecule has 16 heavy (non-hydrogen) atoms. The average Bonchev–Trinajstić information content (AvgIpc) is 2.69. The van der Waals surface area contributed by atoms with Crippen LogP contribution in [0.4, 0.5) is 5.69 Å². The molecule has 0 aliphatic heterocycles. The van der Waals surface area contributed by atoms with Crippen LogP contribution in [0.25, 0.3) is 10.2 Å². The molecule has 0 amide bonds. The molecule has 0 bridgehead atoms. The van der Waals surface area contributed by atoms with Crippen LogP contribution in [0.15, 0.2) is 12.1 Å². The van der Waals surface area contributed by atoms with E-state index in [9.17, 15) is 10.1 Å². The first-order chi connectivity index (χ1) is 7.67. The number of hydrogen-bond acceptors (Lipinski definition) is 5. The number of nitrogens with zero attached hydrogens (tertiary/aromatic N) is 2. The van der Waals surface area contributed by atoms with Gasteiger partial charge in [-0.1, -0.05) is 6.92 Å². The first kappa shape index (κ1) is 10.8. The van der Waals surface area contributed by atoms with E-state index in [2.05, 4.69) is 4.98 Å². The van der Waals surface area contributed by atoms with E-state index in [1.54, 1.807) is 12.1 Å². The molecule has 1 aromatic heterocycles. The maximum Gasteiger partial charge on any atom is 0.330 e. The van der Waals surface area contributed by atoms with Gasteiger partial charge in [0.15, 0.2) is 5.75 Å². The number of methoxy groups -OCH3 is 1. The lowest BCUT2D eigenvalue weighted by Crippen LogP contribution is -1.93. The maximum absolute atomic E-state index is 11.0. The number of ether oxygens (including phenoxy) is 1. The lowest BCUT2D eigenvalue weighted by Gasteiger charge is -2.00. The Hall–Kier alpha value is -1.69. The van der Waals surface area contributed by atoms with E-state index in [4.69, 9.17) is 4.74 Å². The summed E-state index contributed by atoms with van der Waals surface area (Å²) in [6.07, 6.45) is 0.777. The molecule has 6 heteroatoms. The fourth-order valence-corrected chi connectivity index (χ4v) is 2.51. The monoisotopic (exact) mass is 238 g/mol. The SMILES string of the molecule is CCc1nc2ccc(OC)c([N+](=O)[O-])c2s1. The normalized spacial score (nSPS) is 10.6. The third-order valence-electron chi connectivity index (χ3n) is 2.24. The van der Waals surface area contributed by atoms with E-state index in [0.717, 1.165) is 11.4 Å². The topological polar surface area (TPSA) is 65.3 Å². The largest absolute Gasteiger partial charge is 0.490 e. The van der Waals surface area contributed by atoms with E-state index < -0.39 is 4.92 Å². The number of thiazole rings is 1. The molecule has 0 saturated carbocycles. The molecule has 0 radical (unpaired) electrons. The van der Waals surface area contributed by atoms with Gasteiger partial charge in [0.1, 0.15) is 4.70 Å². The first-order valence-corrected chi connectivity index (χ1v) is 5.59. The summed E-state index contributed by atoms with van der Waals surface area (Å²) in [4.78, 5) is 14.9. The molecule has 0 aliphatic rings. The highest BCUT2D eigenvalue weighted by molar-refractivity contribution is 7.19. The van der Waals surface area contributed by atoms with Crippen LogP contribution in [-0.4, -0.2) is 17.0 Å². The van der Waals surface area contributed by atoms with E-state index in [1.807, 2.05) is 6.92 Å². The number of nitro benzene ring substituents is 1. The van der Waals surface area contributed by atoms with Crippen LogP contribution in [0.3, 0.4) is 0 Å². The Morgan fingerprint density at radius 2 is 2.31 bits per heavy atom. The number of rotatable bonds is 3. The van der Waals surface area contributed by atoms with Crippen molar-refractivity contribution in [3.05, 3.63) is 27.3 Å². The van der Waals surface area contributed by atoms with E-state index >= 15 is 0 Å². The van der Waals surface area contributed by atoms with Gasteiger partial charge in [0.2, 0.25) is 0 Å². The number of nitro groups is 1. The zero-order valence-electron chi connectivity index (χ0n) is 8.89. The predicted molar refractivity (Wildman–Crippen MR) is 62.2 cm³/mol. The molecule has 2 aromatic rings. The maximum atomic E-state index is 11.0. The minimum absolute atomic E-state index is 0.0113. The summed E-state index contributed by atoms with van der Waals surface area (Å²) in [6.45, 7) is 1.97. The van der Waals surface area contributed by atoms with Gasteiger partial charge in [-0.15, -0.1) is 11.3 Å². The standard InChI is InChI=1S/C10H10N2O3S/c1-3-8-11-6-4-5-7(15-2)9(12(13)14)10(6)16-8/h4-5H,3H2,1-2H3. The molecular formula is C10H10N2O3S. The number of aryl methyl sites for hydroxylation is 1. The lowest BCUT2D eigenvalue weighted by atomic mass is 10.3. The van der Waals surface area contributed by atoms with Gasteiger partial charge in [0.25, 0.3) is 0 Å². The molecular weight excluding hydrogens is 228 g/mol. The van der Waals surface area contributed by atoms with Crippen molar-refractivity contribution >= 4 is 27.2 Å².